The highest BCUT2D eigenvalue weighted by molar-refractivity contribution is 7.89. The van der Waals surface area contributed by atoms with Crippen molar-refractivity contribution in [2.75, 3.05) is 6.61 Å². The van der Waals surface area contributed by atoms with Crippen molar-refractivity contribution in [1.82, 2.24) is 4.72 Å². The molecule has 2 N–H and O–H groups in total. The van der Waals surface area contributed by atoms with Crippen LogP contribution in [0.15, 0.2) is 35.2 Å². The normalized spacial score (nSPS) is 16.5. The molecular weight excluding hydrogens is 449 g/mol. The molecule has 0 saturated carbocycles. The van der Waals surface area contributed by atoms with Crippen molar-refractivity contribution in [3.8, 4) is 5.75 Å². The van der Waals surface area contributed by atoms with Crippen molar-refractivity contribution in [1.29, 1.82) is 0 Å². The van der Waals surface area contributed by atoms with E-state index < -0.39 is 28.6 Å². The van der Waals surface area contributed by atoms with Crippen molar-refractivity contribution in [3.05, 3.63) is 56.5 Å². The lowest BCUT2D eigenvalue weighted by molar-refractivity contribution is -0.139. The van der Waals surface area contributed by atoms with Gasteiger partial charge in [0.05, 0.1) is 5.02 Å². The van der Waals surface area contributed by atoms with E-state index in [2.05, 4.69) is 4.72 Å². The fraction of sp³-hybridized carbons (Fsp3) is 0.278. The summed E-state index contributed by atoms with van der Waals surface area (Å²) in [7, 11) is -3.95. The number of nitrogens with one attached hydrogen (secondary N) is 1. The summed E-state index contributed by atoms with van der Waals surface area (Å²) in [5.41, 5.74) is 1.39. The number of aliphatic carboxylic acids is 1. The lowest BCUT2D eigenvalue weighted by Gasteiger charge is -2.28. The number of carboxylic acids is 1. The Hall–Kier alpha value is -1.51. The van der Waals surface area contributed by atoms with Gasteiger partial charge >= 0.3 is 5.97 Å². The van der Waals surface area contributed by atoms with Gasteiger partial charge in [-0.1, -0.05) is 34.8 Å². The summed E-state index contributed by atoms with van der Waals surface area (Å²) in [6.07, 6.45) is 1.86. The van der Waals surface area contributed by atoms with Gasteiger partial charge in [0.25, 0.3) is 0 Å². The third kappa shape index (κ3) is 4.72. The van der Waals surface area contributed by atoms with Crippen molar-refractivity contribution < 1.29 is 23.1 Å². The number of benzene rings is 2. The van der Waals surface area contributed by atoms with Crippen LogP contribution in [-0.4, -0.2) is 26.1 Å². The maximum atomic E-state index is 12.9. The van der Waals surface area contributed by atoms with E-state index in [1.54, 1.807) is 6.07 Å². The molecule has 0 heterocycles. The molecule has 2 aromatic carbocycles. The molecule has 0 amide bonds. The molecule has 0 radical (unpaired) electrons. The fourth-order valence-corrected chi connectivity index (χ4v) is 5.40. The second-order valence-corrected chi connectivity index (χ2v) is 9.26. The van der Waals surface area contributed by atoms with Gasteiger partial charge in [-0.05, 0) is 60.7 Å². The zero-order valence-corrected chi connectivity index (χ0v) is 17.5. The number of carbonyl (C=O) groups is 1. The van der Waals surface area contributed by atoms with Gasteiger partial charge in [-0.3, -0.25) is 0 Å². The predicted molar refractivity (Wildman–Crippen MR) is 107 cm³/mol. The van der Waals surface area contributed by atoms with E-state index in [0.29, 0.717) is 35.6 Å². The highest BCUT2D eigenvalue weighted by Gasteiger charge is 2.29. The minimum atomic E-state index is -3.95. The number of halogens is 3. The van der Waals surface area contributed by atoms with E-state index in [0.717, 1.165) is 5.56 Å². The lowest BCUT2D eigenvalue weighted by atomic mass is 9.87. The van der Waals surface area contributed by atoms with Gasteiger partial charge in [0.15, 0.2) is 6.61 Å². The topological polar surface area (TPSA) is 92.7 Å². The molecule has 0 bridgehead atoms. The van der Waals surface area contributed by atoms with E-state index in [9.17, 15) is 13.2 Å². The third-order valence-electron chi connectivity index (χ3n) is 4.33. The zero-order chi connectivity index (χ0) is 20.5. The van der Waals surface area contributed by atoms with Crippen LogP contribution >= 0.6 is 34.8 Å². The van der Waals surface area contributed by atoms with E-state index in [1.165, 1.54) is 24.3 Å². The molecule has 3 rings (SSSR count). The molecular formula is C18H16Cl3NO5S. The van der Waals surface area contributed by atoms with Crippen LogP contribution in [0.1, 0.15) is 30.0 Å². The summed E-state index contributed by atoms with van der Waals surface area (Å²) in [5, 5.41) is 9.49. The minimum absolute atomic E-state index is 0.0597. The Bertz CT molecular complexity index is 1030. The summed E-state index contributed by atoms with van der Waals surface area (Å²) in [5.74, 6) is -0.771. The van der Waals surface area contributed by atoms with Crippen molar-refractivity contribution >= 4 is 50.8 Å². The van der Waals surface area contributed by atoms with Gasteiger partial charge in [-0.15, -0.1) is 0 Å². The van der Waals surface area contributed by atoms with Crippen LogP contribution in [0.4, 0.5) is 0 Å². The van der Waals surface area contributed by atoms with Gasteiger partial charge in [0.1, 0.15) is 10.6 Å². The van der Waals surface area contributed by atoms with Crippen LogP contribution in [0.5, 0.6) is 5.75 Å². The largest absolute Gasteiger partial charge is 0.482 e. The summed E-state index contributed by atoms with van der Waals surface area (Å²) in [6.45, 7) is -0.513. The predicted octanol–water partition coefficient (Wildman–Crippen LogP) is 4.47. The van der Waals surface area contributed by atoms with Crippen LogP contribution in [0.3, 0.4) is 0 Å². The summed E-state index contributed by atoms with van der Waals surface area (Å²) in [4.78, 5) is 10.7. The van der Waals surface area contributed by atoms with Gasteiger partial charge in [-0.25, -0.2) is 17.9 Å². The number of ether oxygens (including phenoxy) is 1. The van der Waals surface area contributed by atoms with Crippen LogP contribution in [0.2, 0.25) is 15.1 Å². The molecule has 28 heavy (non-hydrogen) atoms. The average Bonchev–Trinajstić information content (AvgIpc) is 2.62. The average molecular weight is 465 g/mol. The molecule has 10 heteroatoms. The van der Waals surface area contributed by atoms with Gasteiger partial charge in [0.2, 0.25) is 10.0 Å². The quantitative estimate of drug-likeness (QED) is 0.658. The smallest absolute Gasteiger partial charge is 0.341 e. The van der Waals surface area contributed by atoms with Gasteiger partial charge in [-0.2, -0.15) is 0 Å². The molecule has 1 aliphatic rings. The summed E-state index contributed by atoms with van der Waals surface area (Å²) < 4.78 is 33.7. The van der Waals surface area contributed by atoms with Crippen LogP contribution in [0, 0.1) is 0 Å². The maximum absolute atomic E-state index is 12.9. The van der Waals surface area contributed by atoms with E-state index in [-0.39, 0.29) is 14.9 Å². The minimum Gasteiger partial charge on any atom is -0.482 e. The van der Waals surface area contributed by atoms with Crippen molar-refractivity contribution in [2.45, 2.75) is 30.2 Å². The number of hydrogen-bond donors (Lipinski definition) is 2. The number of rotatable bonds is 6. The third-order valence-corrected chi connectivity index (χ3v) is 6.74. The first kappa shape index (κ1) is 21.2. The van der Waals surface area contributed by atoms with Crippen molar-refractivity contribution in [3.63, 3.8) is 0 Å². The Balaban J connectivity index is 1.96. The first-order valence-electron chi connectivity index (χ1n) is 8.31. The number of hydrogen-bond acceptors (Lipinski definition) is 4. The fourth-order valence-electron chi connectivity index (χ4n) is 3.17. The number of sulfonamides is 1. The van der Waals surface area contributed by atoms with E-state index in [4.69, 9.17) is 44.6 Å². The van der Waals surface area contributed by atoms with Gasteiger partial charge in [0, 0.05) is 16.1 Å². The first-order chi connectivity index (χ1) is 13.2. The zero-order valence-electron chi connectivity index (χ0n) is 14.4. The monoisotopic (exact) mass is 463 g/mol. The second-order valence-electron chi connectivity index (χ2n) is 6.29. The highest BCUT2D eigenvalue weighted by Crippen LogP contribution is 2.39. The molecule has 6 nitrogen and oxygen atoms in total. The standard InChI is InChI=1S/C18H16Cl3NO5S/c19-10-4-5-14(21)17(8-10)28(25,26)22-15-3-1-2-12-13(15)6-11(20)7-16(12)27-9-18(23)24/h4-8,15,22H,1-3,9H2,(H,23,24). The molecule has 0 fully saturated rings. The van der Waals surface area contributed by atoms with E-state index >= 15 is 0 Å². The van der Waals surface area contributed by atoms with Crippen LogP contribution < -0.4 is 9.46 Å². The highest BCUT2D eigenvalue weighted by atomic mass is 35.5. The SMILES string of the molecule is O=C(O)COc1cc(Cl)cc2c1CCCC2NS(=O)(=O)c1cc(Cl)ccc1Cl. The Morgan fingerprint density at radius 1 is 1.18 bits per heavy atom. The van der Waals surface area contributed by atoms with Crippen LogP contribution in [0.25, 0.3) is 0 Å². The molecule has 0 saturated heterocycles. The molecule has 150 valence electrons. The van der Waals surface area contributed by atoms with Crippen LogP contribution in [-0.2, 0) is 21.2 Å². The first-order valence-corrected chi connectivity index (χ1v) is 10.9. The maximum Gasteiger partial charge on any atom is 0.341 e. The molecule has 1 unspecified atom stereocenters. The molecule has 1 aliphatic carbocycles. The summed E-state index contributed by atoms with van der Waals surface area (Å²) >= 11 is 18.1. The lowest BCUT2D eigenvalue weighted by Crippen LogP contribution is -2.31. The van der Waals surface area contributed by atoms with E-state index in [1.807, 2.05) is 0 Å². The van der Waals surface area contributed by atoms with Gasteiger partial charge < -0.3 is 9.84 Å². The molecule has 0 aromatic heterocycles. The molecule has 0 spiro atoms. The Morgan fingerprint density at radius 2 is 1.93 bits per heavy atom. The van der Waals surface area contributed by atoms with Crippen molar-refractivity contribution in [2.24, 2.45) is 0 Å². The molecule has 1 atom stereocenters. The Kier molecular flexibility index (Phi) is 6.41. The number of fused-ring (bicyclic) bond motifs is 1. The second kappa shape index (κ2) is 8.47. The number of carboxylic acid groups (broad SMARTS) is 1. The molecule has 0 aliphatic heterocycles. The Morgan fingerprint density at radius 3 is 2.64 bits per heavy atom. The summed E-state index contributed by atoms with van der Waals surface area (Å²) in [6, 6.07) is 6.85. The Labute approximate surface area is 177 Å². The molecule has 2 aromatic rings.